The molecule has 0 aliphatic carbocycles. The Balaban J connectivity index is 2.21. The zero-order chi connectivity index (χ0) is 16.1. The number of likely N-dealkylation sites (N-methyl/N-ethyl adjacent to an activating group) is 1. The van der Waals surface area contributed by atoms with Crippen molar-refractivity contribution in [2.75, 3.05) is 39.8 Å². The van der Waals surface area contributed by atoms with Gasteiger partial charge in [-0.15, -0.1) is 0 Å². The van der Waals surface area contributed by atoms with Gasteiger partial charge in [0.1, 0.15) is 5.75 Å². The Morgan fingerprint density at radius 3 is 2.73 bits per heavy atom. The number of nitrogens with zero attached hydrogens (tertiary/aromatic N) is 2. The minimum absolute atomic E-state index is 0.215. The molecule has 0 amide bonds. The van der Waals surface area contributed by atoms with E-state index in [0.717, 1.165) is 31.8 Å². The maximum atomic E-state index is 6.35. The lowest BCUT2D eigenvalue weighted by Gasteiger charge is -2.44. The Kier molecular flexibility index (Phi) is 6.50. The minimum Gasteiger partial charge on any atom is -0.492 e. The molecule has 1 heterocycles. The van der Waals surface area contributed by atoms with Crippen molar-refractivity contribution >= 4 is 11.6 Å². The molecule has 2 atom stereocenters. The van der Waals surface area contributed by atoms with E-state index in [1.165, 1.54) is 5.56 Å². The molecule has 2 unspecified atom stereocenters. The molecule has 0 saturated carbocycles. The molecule has 124 valence electrons. The number of hydrogen-bond acceptors (Lipinski definition) is 4. The summed E-state index contributed by atoms with van der Waals surface area (Å²) in [6.07, 6.45) is 1.13. The number of benzene rings is 1. The fourth-order valence-electron chi connectivity index (χ4n) is 3.26. The van der Waals surface area contributed by atoms with E-state index < -0.39 is 0 Å². The summed E-state index contributed by atoms with van der Waals surface area (Å²) >= 11 is 6.35. The number of piperazine rings is 1. The van der Waals surface area contributed by atoms with Crippen LogP contribution in [0, 0.1) is 0 Å². The summed E-state index contributed by atoms with van der Waals surface area (Å²) in [5, 5.41) is 0.667. The topological polar surface area (TPSA) is 41.7 Å². The third kappa shape index (κ3) is 3.93. The number of ether oxygens (including phenoxy) is 1. The van der Waals surface area contributed by atoms with Crippen molar-refractivity contribution in [3.8, 4) is 5.75 Å². The van der Waals surface area contributed by atoms with E-state index in [4.69, 9.17) is 22.1 Å². The van der Waals surface area contributed by atoms with Gasteiger partial charge in [-0.05, 0) is 38.1 Å². The van der Waals surface area contributed by atoms with Gasteiger partial charge in [-0.25, -0.2) is 0 Å². The zero-order valence-electron chi connectivity index (χ0n) is 13.9. The summed E-state index contributed by atoms with van der Waals surface area (Å²) in [5.74, 6) is 0.745. The summed E-state index contributed by atoms with van der Waals surface area (Å²) in [5.41, 5.74) is 7.28. The highest BCUT2D eigenvalue weighted by Crippen LogP contribution is 2.31. The van der Waals surface area contributed by atoms with Gasteiger partial charge >= 0.3 is 0 Å². The Morgan fingerprint density at radius 1 is 1.36 bits per heavy atom. The van der Waals surface area contributed by atoms with E-state index in [2.05, 4.69) is 29.8 Å². The summed E-state index contributed by atoms with van der Waals surface area (Å²) in [4.78, 5) is 4.93. The van der Waals surface area contributed by atoms with E-state index in [0.29, 0.717) is 24.2 Å². The Bertz CT molecular complexity index is 483. The summed E-state index contributed by atoms with van der Waals surface area (Å²) in [7, 11) is 2.19. The van der Waals surface area contributed by atoms with Crippen LogP contribution < -0.4 is 10.5 Å². The van der Waals surface area contributed by atoms with Crippen LogP contribution in [-0.4, -0.2) is 55.7 Å². The van der Waals surface area contributed by atoms with Gasteiger partial charge in [-0.2, -0.15) is 0 Å². The standard InChI is InChI=1S/C17H28ClN3O/c1-4-14-12-20(3)8-9-21(14)16(11-19)13-6-7-17(22-5-2)15(18)10-13/h6-7,10,14,16H,4-5,8-9,11-12,19H2,1-3H3. The molecule has 5 heteroatoms. The van der Waals surface area contributed by atoms with E-state index in [9.17, 15) is 0 Å². The van der Waals surface area contributed by atoms with Gasteiger partial charge in [-0.1, -0.05) is 24.6 Å². The summed E-state index contributed by atoms with van der Waals surface area (Å²) in [6, 6.07) is 6.82. The van der Waals surface area contributed by atoms with E-state index in [1.807, 2.05) is 19.1 Å². The van der Waals surface area contributed by atoms with Gasteiger partial charge < -0.3 is 15.4 Å². The van der Waals surface area contributed by atoms with Crippen molar-refractivity contribution in [1.82, 2.24) is 9.80 Å². The fraction of sp³-hybridized carbons (Fsp3) is 0.647. The van der Waals surface area contributed by atoms with Crippen LogP contribution in [0.1, 0.15) is 31.9 Å². The first-order valence-electron chi connectivity index (χ1n) is 8.17. The van der Waals surface area contributed by atoms with Crippen molar-refractivity contribution in [2.24, 2.45) is 5.73 Å². The molecule has 1 aliphatic rings. The normalized spacial score (nSPS) is 21.8. The van der Waals surface area contributed by atoms with Crippen molar-refractivity contribution < 1.29 is 4.74 Å². The Labute approximate surface area is 139 Å². The third-order valence-corrected chi connectivity index (χ3v) is 4.76. The lowest BCUT2D eigenvalue weighted by Crippen LogP contribution is -2.53. The average Bonchev–Trinajstić information content (AvgIpc) is 2.52. The second kappa shape index (κ2) is 8.16. The largest absolute Gasteiger partial charge is 0.492 e. The van der Waals surface area contributed by atoms with Crippen LogP contribution in [-0.2, 0) is 0 Å². The molecule has 1 saturated heterocycles. The molecule has 1 aromatic rings. The van der Waals surface area contributed by atoms with Crippen LogP contribution >= 0.6 is 11.6 Å². The highest BCUT2D eigenvalue weighted by molar-refractivity contribution is 6.32. The van der Waals surface area contributed by atoms with E-state index in [1.54, 1.807) is 0 Å². The molecule has 1 aromatic carbocycles. The SMILES string of the molecule is CCOc1ccc(C(CN)N2CCN(C)CC2CC)cc1Cl. The monoisotopic (exact) mass is 325 g/mol. The van der Waals surface area contributed by atoms with Crippen LogP contribution in [0.25, 0.3) is 0 Å². The van der Waals surface area contributed by atoms with Gasteiger partial charge in [0.05, 0.1) is 11.6 Å². The first-order chi connectivity index (χ1) is 10.6. The minimum atomic E-state index is 0.215. The molecule has 1 fully saturated rings. The van der Waals surface area contributed by atoms with Gasteiger partial charge in [0, 0.05) is 38.3 Å². The molecule has 2 rings (SSSR count). The van der Waals surface area contributed by atoms with Crippen LogP contribution in [0.2, 0.25) is 5.02 Å². The molecule has 1 aliphatic heterocycles. The predicted octanol–water partition coefficient (Wildman–Crippen LogP) is 2.76. The third-order valence-electron chi connectivity index (χ3n) is 4.47. The number of rotatable bonds is 6. The quantitative estimate of drug-likeness (QED) is 0.873. The summed E-state index contributed by atoms with van der Waals surface area (Å²) < 4.78 is 5.52. The van der Waals surface area contributed by atoms with Crippen LogP contribution in [0.5, 0.6) is 5.75 Å². The average molecular weight is 326 g/mol. The lowest BCUT2D eigenvalue weighted by atomic mass is 10.00. The van der Waals surface area contributed by atoms with Gasteiger partial charge in [-0.3, -0.25) is 4.90 Å². The highest BCUT2D eigenvalue weighted by Gasteiger charge is 2.30. The van der Waals surface area contributed by atoms with Gasteiger partial charge in [0.2, 0.25) is 0 Å². The van der Waals surface area contributed by atoms with Crippen LogP contribution in [0.15, 0.2) is 18.2 Å². The first-order valence-corrected chi connectivity index (χ1v) is 8.55. The molecule has 4 nitrogen and oxygen atoms in total. The van der Waals surface area contributed by atoms with Crippen molar-refractivity contribution in [2.45, 2.75) is 32.4 Å². The fourth-order valence-corrected chi connectivity index (χ4v) is 3.50. The maximum absolute atomic E-state index is 6.35. The summed E-state index contributed by atoms with van der Waals surface area (Å²) in [6.45, 7) is 8.65. The van der Waals surface area contributed by atoms with Crippen molar-refractivity contribution in [1.29, 1.82) is 0 Å². The number of halogens is 1. The first kappa shape index (κ1) is 17.5. The van der Waals surface area contributed by atoms with Gasteiger partial charge in [0.25, 0.3) is 0 Å². The van der Waals surface area contributed by atoms with Gasteiger partial charge in [0.15, 0.2) is 0 Å². The van der Waals surface area contributed by atoms with Crippen molar-refractivity contribution in [3.05, 3.63) is 28.8 Å². The Hall–Kier alpha value is -0.810. The second-order valence-electron chi connectivity index (χ2n) is 5.94. The van der Waals surface area contributed by atoms with Crippen molar-refractivity contribution in [3.63, 3.8) is 0 Å². The zero-order valence-corrected chi connectivity index (χ0v) is 14.6. The predicted molar refractivity (Wildman–Crippen MR) is 92.7 cm³/mol. The molecular weight excluding hydrogens is 298 g/mol. The molecule has 0 radical (unpaired) electrons. The number of hydrogen-bond donors (Lipinski definition) is 1. The van der Waals surface area contributed by atoms with E-state index >= 15 is 0 Å². The Morgan fingerprint density at radius 2 is 2.14 bits per heavy atom. The second-order valence-corrected chi connectivity index (χ2v) is 6.34. The molecule has 2 N–H and O–H groups in total. The molecule has 0 bridgehead atoms. The molecular formula is C17H28ClN3O. The molecule has 0 aromatic heterocycles. The molecule has 0 spiro atoms. The van der Waals surface area contributed by atoms with Crippen LogP contribution in [0.4, 0.5) is 0 Å². The van der Waals surface area contributed by atoms with E-state index in [-0.39, 0.29) is 6.04 Å². The van der Waals surface area contributed by atoms with Crippen LogP contribution in [0.3, 0.4) is 0 Å². The maximum Gasteiger partial charge on any atom is 0.137 e. The highest BCUT2D eigenvalue weighted by atomic mass is 35.5. The smallest absolute Gasteiger partial charge is 0.137 e. The molecule has 22 heavy (non-hydrogen) atoms. The lowest BCUT2D eigenvalue weighted by molar-refractivity contribution is 0.0521. The number of nitrogens with two attached hydrogens (primary N) is 1.